The maximum Gasteiger partial charge on any atom is 0.345 e. The van der Waals surface area contributed by atoms with Crippen LogP contribution >= 0.6 is 0 Å². The van der Waals surface area contributed by atoms with Crippen LogP contribution in [0.4, 0.5) is 0 Å². The molecule has 1 aromatic rings. The predicted octanol–water partition coefficient (Wildman–Crippen LogP) is 5.32. The summed E-state index contributed by atoms with van der Waals surface area (Å²) in [5.41, 5.74) is 0.604. The van der Waals surface area contributed by atoms with Crippen LogP contribution in [0.5, 0.6) is 0 Å². The molecule has 1 aromatic carbocycles. The fraction of sp³-hybridized carbons (Fsp3) is 0.632. The predicted molar refractivity (Wildman–Crippen MR) is 90.3 cm³/mol. The van der Waals surface area contributed by atoms with Crippen molar-refractivity contribution < 1.29 is 19.6 Å². The molecular weight excluding hydrogens is 292 g/mol. The minimum Gasteiger partial charge on any atom is -0.269 e. The van der Waals surface area contributed by atoms with E-state index in [1.54, 1.807) is 0 Å². The second-order valence-corrected chi connectivity index (χ2v) is 7.60. The van der Waals surface area contributed by atoms with E-state index in [2.05, 4.69) is 30.7 Å². The summed E-state index contributed by atoms with van der Waals surface area (Å²) >= 11 is 0. The van der Waals surface area contributed by atoms with E-state index in [0.717, 1.165) is 31.2 Å². The van der Waals surface area contributed by atoms with Crippen molar-refractivity contribution in [3.05, 3.63) is 35.9 Å². The highest BCUT2D eigenvalue weighted by atomic mass is 17.5. The molecule has 0 aliphatic heterocycles. The van der Waals surface area contributed by atoms with E-state index >= 15 is 0 Å². The van der Waals surface area contributed by atoms with Crippen LogP contribution in [0.1, 0.15) is 72.3 Å². The summed E-state index contributed by atoms with van der Waals surface area (Å²) in [4.78, 5) is 21.5. The number of rotatable bonds is 9. The van der Waals surface area contributed by atoms with Gasteiger partial charge in [-0.05, 0) is 42.7 Å². The van der Waals surface area contributed by atoms with Gasteiger partial charge in [0.25, 0.3) is 0 Å². The lowest BCUT2D eigenvalue weighted by molar-refractivity contribution is -0.520. The molecule has 23 heavy (non-hydrogen) atoms. The molecule has 0 N–H and O–H groups in total. The summed E-state index contributed by atoms with van der Waals surface area (Å²) in [6, 6.07) is 9.63. The van der Waals surface area contributed by atoms with Gasteiger partial charge in [-0.1, -0.05) is 63.9 Å². The van der Waals surface area contributed by atoms with Crippen LogP contribution in [-0.4, -0.2) is 5.97 Å². The fourth-order valence-corrected chi connectivity index (χ4v) is 2.17. The smallest absolute Gasteiger partial charge is 0.269 e. The van der Waals surface area contributed by atoms with E-state index in [-0.39, 0.29) is 0 Å². The number of hydrogen-bond acceptors (Lipinski definition) is 4. The highest BCUT2D eigenvalue weighted by Crippen LogP contribution is 2.25. The lowest BCUT2D eigenvalue weighted by Crippen LogP contribution is -2.22. The first kappa shape index (κ1) is 19.7. The Kier molecular flexibility index (Phi) is 7.73. The third-order valence-electron chi connectivity index (χ3n) is 3.65. The Balaban J connectivity index is 2.17. The van der Waals surface area contributed by atoms with Crippen LogP contribution < -0.4 is 0 Å². The number of carbonyl (C=O) groups excluding carboxylic acids is 1. The highest BCUT2D eigenvalue weighted by Gasteiger charge is 2.23. The van der Waals surface area contributed by atoms with Crippen molar-refractivity contribution in [1.29, 1.82) is 0 Å². The molecule has 0 aromatic heterocycles. The quantitative estimate of drug-likeness (QED) is 0.350. The van der Waals surface area contributed by atoms with Gasteiger partial charge in [0.2, 0.25) is 0 Å². The largest absolute Gasteiger partial charge is 0.345 e. The molecular formula is C19H30O4. The normalized spacial score (nSPS) is 12.2. The topological polar surface area (TPSA) is 44.8 Å². The molecule has 4 heteroatoms. The molecule has 0 amide bonds. The van der Waals surface area contributed by atoms with E-state index in [4.69, 9.17) is 4.89 Å². The van der Waals surface area contributed by atoms with Gasteiger partial charge in [0.15, 0.2) is 0 Å². The van der Waals surface area contributed by atoms with Crippen molar-refractivity contribution in [1.82, 2.24) is 0 Å². The Labute approximate surface area is 140 Å². The zero-order chi connectivity index (χ0) is 17.3. The first-order chi connectivity index (χ1) is 10.7. The number of unbranched alkanes of at least 4 members (excludes halogenated alkanes) is 2. The molecule has 4 nitrogen and oxygen atoms in total. The molecule has 0 fully saturated rings. The lowest BCUT2D eigenvalue weighted by atomic mass is 9.89. The number of benzene rings is 1. The standard InChI is InChI=1S/C19H30O4/c1-18(2,3)15-11-7-10-14-17(20)21-23-22-19(4,5)16-12-8-6-9-13-16/h6,8-9,12-13H,7,10-11,14-15H2,1-5H3. The van der Waals surface area contributed by atoms with Crippen LogP contribution in [0.15, 0.2) is 30.3 Å². The zero-order valence-corrected chi connectivity index (χ0v) is 15.1. The van der Waals surface area contributed by atoms with Gasteiger partial charge in [0.1, 0.15) is 5.60 Å². The third-order valence-corrected chi connectivity index (χ3v) is 3.65. The summed E-state index contributed by atoms with van der Waals surface area (Å²) in [5, 5.41) is 4.68. The van der Waals surface area contributed by atoms with Crippen molar-refractivity contribution in [2.75, 3.05) is 0 Å². The van der Waals surface area contributed by atoms with Crippen LogP contribution in [0.3, 0.4) is 0 Å². The minimum absolute atomic E-state index is 0.346. The van der Waals surface area contributed by atoms with Gasteiger partial charge in [-0.3, -0.25) is 4.89 Å². The fourth-order valence-electron chi connectivity index (χ4n) is 2.17. The highest BCUT2D eigenvalue weighted by molar-refractivity contribution is 5.68. The molecule has 0 aliphatic carbocycles. The van der Waals surface area contributed by atoms with Crippen LogP contribution in [0.25, 0.3) is 0 Å². The van der Waals surface area contributed by atoms with Gasteiger partial charge in [-0.15, -0.1) is 0 Å². The zero-order valence-electron chi connectivity index (χ0n) is 15.1. The Hall–Kier alpha value is -1.39. The molecule has 0 spiro atoms. The first-order valence-corrected chi connectivity index (χ1v) is 8.31. The molecule has 0 saturated heterocycles. The SMILES string of the molecule is CC(C)(C)CCCCCC(=O)OOOC(C)(C)c1ccccc1. The molecule has 130 valence electrons. The molecule has 0 unspecified atom stereocenters. The molecule has 0 atom stereocenters. The van der Waals surface area contributed by atoms with Gasteiger partial charge in [0, 0.05) is 6.42 Å². The Morgan fingerprint density at radius 3 is 2.22 bits per heavy atom. The first-order valence-electron chi connectivity index (χ1n) is 8.31. The van der Waals surface area contributed by atoms with E-state index < -0.39 is 11.6 Å². The molecule has 0 saturated carbocycles. The maximum atomic E-state index is 11.6. The van der Waals surface area contributed by atoms with Crippen molar-refractivity contribution in [2.24, 2.45) is 5.41 Å². The van der Waals surface area contributed by atoms with Crippen LogP contribution in [-0.2, 0) is 25.2 Å². The summed E-state index contributed by atoms with van der Waals surface area (Å²) in [6.45, 7) is 10.4. The van der Waals surface area contributed by atoms with Crippen molar-refractivity contribution >= 4 is 5.97 Å². The lowest BCUT2D eigenvalue weighted by Gasteiger charge is -2.22. The van der Waals surface area contributed by atoms with Crippen LogP contribution in [0, 0.1) is 5.41 Å². The third kappa shape index (κ3) is 8.72. The van der Waals surface area contributed by atoms with Gasteiger partial charge in [0.05, 0.1) is 0 Å². The Morgan fingerprint density at radius 1 is 0.957 bits per heavy atom. The molecule has 0 heterocycles. The minimum atomic E-state index is -0.686. The Morgan fingerprint density at radius 2 is 1.61 bits per heavy atom. The summed E-state index contributed by atoms with van der Waals surface area (Å²) in [7, 11) is 0. The van der Waals surface area contributed by atoms with E-state index in [1.807, 2.05) is 44.2 Å². The van der Waals surface area contributed by atoms with E-state index in [0.29, 0.717) is 11.8 Å². The monoisotopic (exact) mass is 322 g/mol. The number of hydrogen-bond donors (Lipinski definition) is 0. The summed E-state index contributed by atoms with van der Waals surface area (Å²) in [5.74, 6) is -0.398. The summed E-state index contributed by atoms with van der Waals surface area (Å²) in [6.07, 6.45) is 4.45. The summed E-state index contributed by atoms with van der Waals surface area (Å²) < 4.78 is 0. The van der Waals surface area contributed by atoms with Gasteiger partial charge >= 0.3 is 5.97 Å². The molecule has 0 radical (unpaired) electrons. The molecule has 1 rings (SSSR count). The van der Waals surface area contributed by atoms with Gasteiger partial charge in [-0.2, -0.15) is 4.89 Å². The average Bonchev–Trinajstić information content (AvgIpc) is 2.46. The second-order valence-electron chi connectivity index (χ2n) is 7.60. The maximum absolute atomic E-state index is 11.6. The van der Waals surface area contributed by atoms with Gasteiger partial charge in [-0.25, -0.2) is 4.79 Å². The van der Waals surface area contributed by atoms with E-state index in [9.17, 15) is 4.79 Å². The van der Waals surface area contributed by atoms with E-state index in [1.165, 1.54) is 0 Å². The van der Waals surface area contributed by atoms with Gasteiger partial charge < -0.3 is 0 Å². The molecule has 0 bridgehead atoms. The Bertz CT molecular complexity index is 460. The number of carbonyl (C=O) groups is 1. The molecule has 0 aliphatic rings. The van der Waals surface area contributed by atoms with Crippen LogP contribution in [0.2, 0.25) is 0 Å². The average molecular weight is 322 g/mol. The van der Waals surface area contributed by atoms with Crippen molar-refractivity contribution in [3.8, 4) is 0 Å². The van der Waals surface area contributed by atoms with Crippen molar-refractivity contribution in [2.45, 2.75) is 72.3 Å². The second kappa shape index (κ2) is 9.04. The van der Waals surface area contributed by atoms with Crippen molar-refractivity contribution in [3.63, 3.8) is 0 Å².